The highest BCUT2D eigenvalue weighted by molar-refractivity contribution is 7.90. The van der Waals surface area contributed by atoms with E-state index in [9.17, 15) is 26.4 Å². The van der Waals surface area contributed by atoms with Crippen molar-refractivity contribution in [3.05, 3.63) is 29.3 Å². The number of sulfonamides is 1. The van der Waals surface area contributed by atoms with Crippen LogP contribution in [0.25, 0.3) is 0 Å². The van der Waals surface area contributed by atoms with Gasteiger partial charge in [-0.3, -0.25) is 4.79 Å². The van der Waals surface area contributed by atoms with E-state index in [0.717, 1.165) is 16.9 Å². The van der Waals surface area contributed by atoms with E-state index < -0.39 is 27.0 Å². The molecule has 0 fully saturated rings. The summed E-state index contributed by atoms with van der Waals surface area (Å²) < 4.78 is 59.1. The molecular weight excluding hydrogens is 283 g/mol. The molecule has 0 bridgehead atoms. The summed E-state index contributed by atoms with van der Waals surface area (Å²) in [6.45, 7) is 0. The Labute approximate surface area is 99.4 Å². The zero-order valence-corrected chi connectivity index (χ0v) is 9.53. The minimum atomic E-state index is -5.26. The molecule has 9 heteroatoms. The van der Waals surface area contributed by atoms with Crippen LogP contribution in [0.2, 0.25) is 5.02 Å². The third-order valence-electron chi connectivity index (χ3n) is 1.61. The van der Waals surface area contributed by atoms with Crippen molar-refractivity contribution >= 4 is 27.5 Å². The Morgan fingerprint density at radius 3 is 2.06 bits per heavy atom. The van der Waals surface area contributed by atoms with Crippen LogP contribution in [0.1, 0.15) is 0 Å². The van der Waals surface area contributed by atoms with Gasteiger partial charge in [-0.25, -0.2) is 13.1 Å². The van der Waals surface area contributed by atoms with E-state index >= 15 is 0 Å². The van der Waals surface area contributed by atoms with Crippen LogP contribution in [0.4, 0.5) is 13.2 Å². The van der Waals surface area contributed by atoms with Crippen molar-refractivity contribution in [2.24, 2.45) is 0 Å². The Hall–Kier alpha value is -1.28. The maximum Gasteiger partial charge on any atom is 0.472 e. The van der Waals surface area contributed by atoms with E-state index in [4.69, 9.17) is 11.6 Å². The first-order chi connectivity index (χ1) is 7.63. The van der Waals surface area contributed by atoms with Gasteiger partial charge in [-0.15, -0.1) is 0 Å². The molecule has 1 aromatic carbocycles. The molecule has 17 heavy (non-hydrogen) atoms. The molecule has 0 heterocycles. The Morgan fingerprint density at radius 1 is 1.18 bits per heavy atom. The van der Waals surface area contributed by atoms with Crippen LogP contribution in [-0.4, -0.2) is 20.5 Å². The highest BCUT2D eigenvalue weighted by Gasteiger charge is 2.41. The van der Waals surface area contributed by atoms with Gasteiger partial charge in [-0.2, -0.15) is 13.2 Å². The van der Waals surface area contributed by atoms with Gasteiger partial charge in [0.05, 0.1) is 4.90 Å². The molecule has 0 spiro atoms. The summed E-state index contributed by atoms with van der Waals surface area (Å²) in [5, 5.41) is 0.214. The zero-order chi connectivity index (χ0) is 13.3. The Morgan fingerprint density at radius 2 is 1.65 bits per heavy atom. The first-order valence-corrected chi connectivity index (χ1v) is 5.88. The lowest BCUT2D eigenvalue weighted by Crippen LogP contribution is -2.40. The average molecular weight is 288 g/mol. The SMILES string of the molecule is O=C(NS(=O)(=O)c1ccc(Cl)cc1)C(F)(F)F. The minimum absolute atomic E-state index is 0.214. The molecule has 4 nitrogen and oxygen atoms in total. The Kier molecular flexibility index (Phi) is 3.68. The van der Waals surface area contributed by atoms with Crippen LogP contribution in [0, 0.1) is 0 Å². The summed E-state index contributed by atoms with van der Waals surface area (Å²) in [5.74, 6) is -2.55. The molecule has 94 valence electrons. The monoisotopic (exact) mass is 287 g/mol. The number of benzene rings is 1. The number of hydrogen-bond acceptors (Lipinski definition) is 3. The van der Waals surface area contributed by atoms with E-state index in [1.807, 2.05) is 0 Å². The lowest BCUT2D eigenvalue weighted by Gasteiger charge is -2.08. The quantitative estimate of drug-likeness (QED) is 0.900. The van der Waals surface area contributed by atoms with Crippen molar-refractivity contribution in [1.82, 2.24) is 4.72 Å². The van der Waals surface area contributed by atoms with Gasteiger partial charge in [0.2, 0.25) is 0 Å². The second kappa shape index (κ2) is 4.53. The topological polar surface area (TPSA) is 63.2 Å². The number of carbonyl (C=O) groups is 1. The fourth-order valence-corrected chi connectivity index (χ4v) is 1.95. The molecule has 1 amide bonds. The standard InChI is InChI=1S/C8H5ClF3NO3S/c9-5-1-3-6(4-2-5)17(15,16)13-7(14)8(10,11)12/h1-4H,(H,13,14). The molecule has 0 radical (unpaired) electrons. The highest BCUT2D eigenvalue weighted by atomic mass is 35.5. The maximum absolute atomic E-state index is 11.9. The number of halogens is 4. The van der Waals surface area contributed by atoms with Gasteiger partial charge < -0.3 is 0 Å². The molecule has 0 saturated heterocycles. The van der Waals surface area contributed by atoms with E-state index in [1.165, 1.54) is 12.1 Å². The van der Waals surface area contributed by atoms with Gasteiger partial charge in [0.1, 0.15) is 0 Å². The molecule has 0 aromatic heterocycles. The molecule has 0 aliphatic rings. The number of hydrogen-bond donors (Lipinski definition) is 1. The average Bonchev–Trinajstić information content (AvgIpc) is 2.16. The van der Waals surface area contributed by atoms with Gasteiger partial charge in [-0.05, 0) is 24.3 Å². The number of amides is 1. The molecule has 1 aromatic rings. The normalized spacial score (nSPS) is 12.2. The van der Waals surface area contributed by atoms with Gasteiger partial charge in [0.25, 0.3) is 10.0 Å². The van der Waals surface area contributed by atoms with Gasteiger partial charge in [0, 0.05) is 5.02 Å². The molecule has 0 saturated carbocycles. The molecular formula is C8H5ClF3NO3S. The zero-order valence-electron chi connectivity index (χ0n) is 7.95. The molecule has 0 atom stereocenters. The van der Waals surface area contributed by atoms with Crippen molar-refractivity contribution in [1.29, 1.82) is 0 Å². The predicted octanol–water partition coefficient (Wildman–Crippen LogP) is 1.71. The first kappa shape index (κ1) is 13.8. The fourth-order valence-electron chi connectivity index (χ4n) is 0.853. The van der Waals surface area contributed by atoms with E-state index in [1.54, 1.807) is 0 Å². The van der Waals surface area contributed by atoms with Gasteiger partial charge in [-0.1, -0.05) is 11.6 Å². The lowest BCUT2D eigenvalue weighted by atomic mass is 10.4. The Balaban J connectivity index is 2.98. The number of rotatable bonds is 2. The van der Waals surface area contributed by atoms with Crippen LogP contribution in [0.5, 0.6) is 0 Å². The number of carbonyl (C=O) groups excluding carboxylic acids is 1. The first-order valence-electron chi connectivity index (χ1n) is 4.02. The molecule has 0 unspecified atom stereocenters. The van der Waals surface area contributed by atoms with E-state index in [0.29, 0.717) is 0 Å². The highest BCUT2D eigenvalue weighted by Crippen LogP contribution is 2.18. The number of nitrogens with one attached hydrogen (secondary N) is 1. The van der Waals surface area contributed by atoms with Crippen LogP contribution >= 0.6 is 11.6 Å². The van der Waals surface area contributed by atoms with Crippen molar-refractivity contribution in [2.45, 2.75) is 11.1 Å². The summed E-state index contributed by atoms with van der Waals surface area (Å²) in [6.07, 6.45) is -5.26. The van der Waals surface area contributed by atoms with Crippen LogP contribution in [0.3, 0.4) is 0 Å². The summed E-state index contributed by atoms with van der Waals surface area (Å²) in [6, 6.07) is 4.31. The van der Waals surface area contributed by atoms with E-state index in [2.05, 4.69) is 0 Å². The summed E-state index contributed by atoms with van der Waals surface area (Å²) in [7, 11) is -4.54. The van der Waals surface area contributed by atoms with Gasteiger partial charge >= 0.3 is 12.1 Å². The summed E-state index contributed by atoms with van der Waals surface area (Å²) >= 11 is 5.48. The van der Waals surface area contributed by atoms with Crippen LogP contribution in [0.15, 0.2) is 29.2 Å². The molecule has 0 aliphatic carbocycles. The van der Waals surface area contributed by atoms with Crippen molar-refractivity contribution in [3.8, 4) is 0 Å². The van der Waals surface area contributed by atoms with Crippen LogP contribution in [-0.2, 0) is 14.8 Å². The number of alkyl halides is 3. The lowest BCUT2D eigenvalue weighted by molar-refractivity contribution is -0.171. The van der Waals surface area contributed by atoms with Crippen molar-refractivity contribution < 1.29 is 26.4 Å². The predicted molar refractivity (Wildman–Crippen MR) is 52.8 cm³/mol. The van der Waals surface area contributed by atoms with Gasteiger partial charge in [0.15, 0.2) is 0 Å². The minimum Gasteiger partial charge on any atom is -0.263 e. The Bertz CT molecular complexity index is 524. The smallest absolute Gasteiger partial charge is 0.263 e. The van der Waals surface area contributed by atoms with Crippen LogP contribution < -0.4 is 4.72 Å². The summed E-state index contributed by atoms with van der Waals surface area (Å²) in [5.41, 5.74) is 0. The largest absolute Gasteiger partial charge is 0.472 e. The summed E-state index contributed by atoms with van der Waals surface area (Å²) in [4.78, 5) is 9.99. The second-order valence-electron chi connectivity index (χ2n) is 2.89. The maximum atomic E-state index is 11.9. The van der Waals surface area contributed by atoms with Crippen molar-refractivity contribution in [3.63, 3.8) is 0 Å². The molecule has 0 aliphatic heterocycles. The fraction of sp³-hybridized carbons (Fsp3) is 0.125. The molecule has 1 rings (SSSR count). The van der Waals surface area contributed by atoms with E-state index in [-0.39, 0.29) is 5.02 Å². The molecule has 1 N–H and O–H groups in total. The second-order valence-corrected chi connectivity index (χ2v) is 5.01. The third-order valence-corrected chi connectivity index (χ3v) is 3.21. The third kappa shape index (κ3) is 3.60. The van der Waals surface area contributed by atoms with Crippen molar-refractivity contribution in [2.75, 3.05) is 0 Å².